The van der Waals surface area contributed by atoms with Crippen molar-refractivity contribution in [3.8, 4) is 5.75 Å². The van der Waals surface area contributed by atoms with Gasteiger partial charge in [0.1, 0.15) is 29.7 Å². The Bertz CT molecular complexity index is 897. The Morgan fingerprint density at radius 2 is 1.84 bits per heavy atom. The second kappa shape index (κ2) is 7.94. The molecule has 3 aromatic rings. The smallest absolute Gasteiger partial charge is 0.185 e. The van der Waals surface area contributed by atoms with Gasteiger partial charge in [-0.25, -0.2) is 4.39 Å². The molecule has 2 aromatic carbocycles. The predicted octanol–water partition coefficient (Wildman–Crippen LogP) is 5.66. The quantitative estimate of drug-likeness (QED) is 0.396. The molecule has 0 saturated heterocycles. The van der Waals surface area contributed by atoms with Crippen LogP contribution in [0.1, 0.15) is 21.9 Å². The van der Waals surface area contributed by atoms with Crippen molar-refractivity contribution >= 4 is 27.8 Å². The summed E-state index contributed by atoms with van der Waals surface area (Å²) in [6.45, 7) is 0.280. The van der Waals surface area contributed by atoms with Gasteiger partial charge in [0.15, 0.2) is 5.78 Å². The number of ketones is 1. The van der Waals surface area contributed by atoms with Crippen LogP contribution >= 0.6 is 15.9 Å². The Morgan fingerprint density at radius 3 is 2.60 bits per heavy atom. The van der Waals surface area contributed by atoms with Gasteiger partial charge in [0.2, 0.25) is 0 Å². The summed E-state index contributed by atoms with van der Waals surface area (Å²) in [7, 11) is 0. The highest BCUT2D eigenvalue weighted by atomic mass is 79.9. The van der Waals surface area contributed by atoms with Crippen LogP contribution in [0, 0.1) is 5.82 Å². The third-order valence-corrected chi connectivity index (χ3v) is 4.07. The van der Waals surface area contributed by atoms with Gasteiger partial charge >= 0.3 is 0 Å². The van der Waals surface area contributed by atoms with Gasteiger partial charge < -0.3 is 9.15 Å². The summed E-state index contributed by atoms with van der Waals surface area (Å²) >= 11 is 3.41. The zero-order chi connectivity index (χ0) is 17.6. The van der Waals surface area contributed by atoms with Crippen molar-refractivity contribution < 1.29 is 18.3 Å². The molecule has 0 aliphatic carbocycles. The Kier molecular flexibility index (Phi) is 5.46. The maximum Gasteiger partial charge on any atom is 0.185 e. The van der Waals surface area contributed by atoms with Crippen LogP contribution < -0.4 is 4.74 Å². The first-order valence-electron chi connectivity index (χ1n) is 7.56. The highest BCUT2D eigenvalue weighted by molar-refractivity contribution is 9.10. The zero-order valence-corrected chi connectivity index (χ0v) is 14.7. The average molecular weight is 401 g/mol. The second-order valence-electron chi connectivity index (χ2n) is 5.23. The predicted molar refractivity (Wildman–Crippen MR) is 96.9 cm³/mol. The minimum atomic E-state index is -0.374. The summed E-state index contributed by atoms with van der Waals surface area (Å²) in [5.41, 5.74) is 0.418. The molecule has 0 bridgehead atoms. The average Bonchev–Trinajstić information content (AvgIpc) is 3.07. The maximum absolute atomic E-state index is 12.9. The van der Waals surface area contributed by atoms with Crippen LogP contribution in [0.4, 0.5) is 4.39 Å². The second-order valence-corrected chi connectivity index (χ2v) is 6.08. The standard InChI is InChI=1S/C20H14BrFO3/c21-18-3-1-2-4-20(18)24-13-17-10-9-16(25-17)11-12-19(23)14-5-7-15(22)8-6-14/h1-12H,13H2/b12-11+. The van der Waals surface area contributed by atoms with Crippen molar-refractivity contribution in [2.45, 2.75) is 6.61 Å². The van der Waals surface area contributed by atoms with Gasteiger partial charge in [-0.2, -0.15) is 0 Å². The van der Waals surface area contributed by atoms with Crippen molar-refractivity contribution in [1.29, 1.82) is 0 Å². The first-order valence-corrected chi connectivity index (χ1v) is 8.35. The van der Waals surface area contributed by atoms with E-state index in [2.05, 4.69) is 15.9 Å². The highest BCUT2D eigenvalue weighted by Crippen LogP contribution is 2.25. The van der Waals surface area contributed by atoms with Crippen LogP contribution in [0.15, 0.2) is 75.6 Å². The Balaban J connectivity index is 1.60. The number of furan rings is 1. The summed E-state index contributed by atoms with van der Waals surface area (Å²) in [6, 6.07) is 16.5. The van der Waals surface area contributed by atoms with Crippen LogP contribution in [0.5, 0.6) is 5.75 Å². The summed E-state index contributed by atoms with van der Waals surface area (Å²) in [5, 5.41) is 0. The molecule has 126 valence electrons. The lowest BCUT2D eigenvalue weighted by Crippen LogP contribution is -1.94. The van der Waals surface area contributed by atoms with Crippen molar-refractivity contribution in [1.82, 2.24) is 0 Å². The number of carbonyl (C=O) groups excluding carboxylic acids is 1. The van der Waals surface area contributed by atoms with Crippen LogP contribution in [0.3, 0.4) is 0 Å². The molecule has 0 aliphatic rings. The van der Waals surface area contributed by atoms with Gasteiger partial charge in [-0.1, -0.05) is 12.1 Å². The van der Waals surface area contributed by atoms with E-state index < -0.39 is 0 Å². The minimum Gasteiger partial charge on any atom is -0.484 e. The number of hydrogen-bond acceptors (Lipinski definition) is 3. The zero-order valence-electron chi connectivity index (χ0n) is 13.1. The molecule has 0 fully saturated rings. The first kappa shape index (κ1) is 17.2. The molecule has 1 aromatic heterocycles. The van der Waals surface area contributed by atoms with E-state index in [-0.39, 0.29) is 18.2 Å². The number of halogens is 2. The molecular formula is C20H14BrFO3. The van der Waals surface area contributed by atoms with Crippen molar-refractivity contribution in [2.24, 2.45) is 0 Å². The number of carbonyl (C=O) groups is 1. The first-order chi connectivity index (χ1) is 12.1. The maximum atomic E-state index is 12.9. The molecule has 0 spiro atoms. The van der Waals surface area contributed by atoms with E-state index in [0.717, 1.165) is 10.2 Å². The van der Waals surface area contributed by atoms with Crippen molar-refractivity contribution in [2.75, 3.05) is 0 Å². The fraction of sp³-hybridized carbons (Fsp3) is 0.0500. The molecule has 5 heteroatoms. The molecule has 1 heterocycles. The molecule has 0 radical (unpaired) electrons. The van der Waals surface area contributed by atoms with E-state index in [1.807, 2.05) is 24.3 Å². The van der Waals surface area contributed by atoms with Crippen molar-refractivity contribution in [3.05, 3.63) is 94.1 Å². The molecule has 0 N–H and O–H groups in total. The van der Waals surface area contributed by atoms with Gasteiger partial charge in [0.25, 0.3) is 0 Å². The van der Waals surface area contributed by atoms with Gasteiger partial charge in [0, 0.05) is 5.56 Å². The molecule has 25 heavy (non-hydrogen) atoms. The van der Waals surface area contributed by atoms with Gasteiger partial charge in [0.05, 0.1) is 4.47 Å². The number of hydrogen-bond donors (Lipinski definition) is 0. The fourth-order valence-electron chi connectivity index (χ4n) is 2.14. The Morgan fingerprint density at radius 1 is 1.08 bits per heavy atom. The molecular weight excluding hydrogens is 387 g/mol. The fourth-order valence-corrected chi connectivity index (χ4v) is 2.54. The largest absolute Gasteiger partial charge is 0.484 e. The monoisotopic (exact) mass is 400 g/mol. The van der Waals surface area contributed by atoms with Gasteiger partial charge in [-0.15, -0.1) is 0 Å². The van der Waals surface area contributed by atoms with E-state index in [9.17, 15) is 9.18 Å². The molecule has 0 amide bonds. The van der Waals surface area contributed by atoms with Crippen molar-refractivity contribution in [3.63, 3.8) is 0 Å². The van der Waals surface area contributed by atoms with Gasteiger partial charge in [-0.05, 0) is 76.6 Å². The number of rotatable bonds is 6. The lowest BCUT2D eigenvalue weighted by molar-refractivity contribution is 0.104. The SMILES string of the molecule is O=C(/C=C/c1ccc(COc2ccccc2Br)o1)c1ccc(F)cc1. The number of para-hydroxylation sites is 1. The van der Waals surface area contributed by atoms with Crippen LogP contribution in [0.2, 0.25) is 0 Å². The molecule has 0 aliphatic heterocycles. The third kappa shape index (κ3) is 4.67. The lowest BCUT2D eigenvalue weighted by Gasteiger charge is -2.05. The number of benzene rings is 2. The number of ether oxygens (including phenoxy) is 1. The molecule has 0 atom stereocenters. The summed E-state index contributed by atoms with van der Waals surface area (Å²) in [5.74, 6) is 1.32. The van der Waals surface area contributed by atoms with E-state index in [0.29, 0.717) is 17.1 Å². The summed E-state index contributed by atoms with van der Waals surface area (Å²) in [6.07, 6.45) is 2.97. The number of allylic oxidation sites excluding steroid dienone is 1. The van der Waals surface area contributed by atoms with Crippen LogP contribution in [-0.4, -0.2) is 5.78 Å². The topological polar surface area (TPSA) is 39.4 Å². The van der Waals surface area contributed by atoms with Gasteiger partial charge in [-0.3, -0.25) is 4.79 Å². The van der Waals surface area contributed by atoms with E-state index in [1.54, 1.807) is 18.2 Å². The minimum absolute atomic E-state index is 0.220. The van der Waals surface area contributed by atoms with Crippen LogP contribution in [-0.2, 0) is 6.61 Å². The summed E-state index contributed by atoms with van der Waals surface area (Å²) in [4.78, 5) is 12.0. The molecule has 3 nitrogen and oxygen atoms in total. The Hall–Kier alpha value is -2.66. The third-order valence-electron chi connectivity index (χ3n) is 3.42. The normalized spacial score (nSPS) is 11.0. The van der Waals surface area contributed by atoms with E-state index in [4.69, 9.17) is 9.15 Å². The lowest BCUT2D eigenvalue weighted by atomic mass is 10.1. The molecule has 0 saturated carbocycles. The molecule has 0 unspecified atom stereocenters. The van der Waals surface area contributed by atoms with Crippen LogP contribution in [0.25, 0.3) is 6.08 Å². The van der Waals surface area contributed by atoms with E-state index >= 15 is 0 Å². The highest BCUT2D eigenvalue weighted by Gasteiger charge is 2.05. The summed E-state index contributed by atoms with van der Waals surface area (Å²) < 4.78 is 25.0. The van der Waals surface area contributed by atoms with E-state index in [1.165, 1.54) is 30.3 Å². The molecule has 3 rings (SSSR count). The Labute approximate surface area is 152 Å².